The Morgan fingerprint density at radius 2 is 1.79 bits per heavy atom. The Balaban J connectivity index is 2.62. The first-order valence-corrected chi connectivity index (χ1v) is 9.29. The fraction of sp³-hybridized carbons (Fsp3) is 0.353. The van der Waals surface area contributed by atoms with Crippen molar-refractivity contribution >= 4 is 29.3 Å². The van der Waals surface area contributed by atoms with Gasteiger partial charge >= 0.3 is 17.8 Å². The monoisotopic (exact) mass is 454 g/mol. The Labute approximate surface area is 170 Å². The summed E-state index contributed by atoms with van der Waals surface area (Å²) in [6.07, 6.45) is -4.95. The van der Waals surface area contributed by atoms with E-state index in [0.717, 1.165) is 30.9 Å². The Hall–Kier alpha value is -2.27. The summed E-state index contributed by atoms with van der Waals surface area (Å²) in [5, 5.41) is 9.07. The zero-order chi connectivity index (χ0) is 22.3. The molecule has 158 valence electrons. The van der Waals surface area contributed by atoms with E-state index >= 15 is 0 Å². The summed E-state index contributed by atoms with van der Waals surface area (Å²) in [7, 11) is 0.806. The lowest BCUT2D eigenvalue weighted by atomic mass is 9.97. The first-order chi connectivity index (χ1) is 13.2. The number of nitrogens with zero attached hydrogens (tertiary/aromatic N) is 2. The summed E-state index contributed by atoms with van der Waals surface area (Å²) < 4.78 is 53.8. The van der Waals surface area contributed by atoms with Gasteiger partial charge in [0.05, 0.1) is 16.1 Å². The van der Waals surface area contributed by atoms with Gasteiger partial charge in [-0.15, -0.1) is 11.8 Å². The van der Waals surface area contributed by atoms with Gasteiger partial charge in [-0.2, -0.15) is 13.2 Å². The highest BCUT2D eigenvalue weighted by Crippen LogP contribution is 2.35. The highest BCUT2D eigenvalue weighted by Gasteiger charge is 2.35. The normalized spacial score (nSPS) is 12.3. The van der Waals surface area contributed by atoms with Gasteiger partial charge in [0.2, 0.25) is 0 Å². The van der Waals surface area contributed by atoms with Gasteiger partial charge in [0.25, 0.3) is 5.56 Å². The van der Waals surface area contributed by atoms with Crippen LogP contribution in [0.3, 0.4) is 0 Å². The molecule has 0 aliphatic carbocycles. The molecule has 0 saturated carbocycles. The van der Waals surface area contributed by atoms with Gasteiger partial charge in [-0.3, -0.25) is 14.2 Å². The number of carboxylic acids is 1. The zero-order valence-electron chi connectivity index (χ0n) is 15.3. The van der Waals surface area contributed by atoms with Crippen molar-refractivity contribution in [2.24, 2.45) is 12.5 Å². The van der Waals surface area contributed by atoms with Gasteiger partial charge in [0, 0.05) is 23.8 Å². The maximum Gasteiger partial charge on any atom is 0.431 e. The molecule has 0 atom stereocenters. The van der Waals surface area contributed by atoms with Crippen LogP contribution in [0.25, 0.3) is 5.69 Å². The Bertz CT molecular complexity index is 1090. The molecule has 1 heterocycles. The van der Waals surface area contributed by atoms with E-state index < -0.39 is 46.0 Å². The molecule has 2 rings (SSSR count). The first-order valence-electron chi connectivity index (χ1n) is 7.92. The van der Waals surface area contributed by atoms with E-state index in [0.29, 0.717) is 0 Å². The minimum atomic E-state index is -4.95. The second-order valence-electron chi connectivity index (χ2n) is 6.75. The van der Waals surface area contributed by atoms with E-state index in [9.17, 15) is 37.1 Å². The highest BCUT2D eigenvalue weighted by atomic mass is 35.5. The summed E-state index contributed by atoms with van der Waals surface area (Å²) >= 11 is 6.91. The molecule has 0 saturated heterocycles. The molecular formula is C17H15ClF4N2O4S. The van der Waals surface area contributed by atoms with Crippen LogP contribution in [-0.4, -0.2) is 26.0 Å². The van der Waals surface area contributed by atoms with Gasteiger partial charge in [-0.1, -0.05) is 11.6 Å². The molecule has 1 aromatic heterocycles. The Morgan fingerprint density at radius 3 is 2.31 bits per heavy atom. The minimum absolute atomic E-state index is 0.0209. The van der Waals surface area contributed by atoms with Crippen LogP contribution < -0.4 is 11.2 Å². The quantitative estimate of drug-likeness (QED) is 0.552. The lowest BCUT2D eigenvalue weighted by Gasteiger charge is -2.19. The van der Waals surface area contributed by atoms with Crippen molar-refractivity contribution in [3.8, 4) is 5.69 Å². The van der Waals surface area contributed by atoms with Crippen molar-refractivity contribution in [2.75, 3.05) is 5.75 Å². The Morgan fingerprint density at radius 1 is 1.21 bits per heavy atom. The largest absolute Gasteiger partial charge is 0.481 e. The number of aromatic nitrogens is 2. The molecule has 29 heavy (non-hydrogen) atoms. The van der Waals surface area contributed by atoms with E-state index in [2.05, 4.69) is 0 Å². The summed E-state index contributed by atoms with van der Waals surface area (Å²) in [5.41, 5.74) is -6.00. The van der Waals surface area contributed by atoms with Crippen molar-refractivity contribution in [2.45, 2.75) is 24.9 Å². The number of hydrogen-bond acceptors (Lipinski definition) is 4. The molecule has 0 spiro atoms. The highest BCUT2D eigenvalue weighted by molar-refractivity contribution is 7.99. The number of alkyl halides is 3. The second-order valence-corrected chi connectivity index (χ2v) is 8.18. The van der Waals surface area contributed by atoms with Crippen LogP contribution in [0.1, 0.15) is 19.5 Å². The first kappa shape index (κ1) is 23.0. The number of thioether (sulfide) groups is 1. The van der Waals surface area contributed by atoms with E-state index in [1.165, 1.54) is 13.8 Å². The van der Waals surface area contributed by atoms with Crippen LogP contribution >= 0.6 is 23.4 Å². The predicted octanol–water partition coefficient (Wildman–Crippen LogP) is 3.55. The van der Waals surface area contributed by atoms with E-state index in [1.807, 2.05) is 0 Å². The molecule has 6 nitrogen and oxygen atoms in total. The van der Waals surface area contributed by atoms with Crippen LogP contribution in [-0.2, 0) is 18.0 Å². The molecular weight excluding hydrogens is 440 g/mol. The number of hydrogen-bond donors (Lipinski definition) is 1. The fourth-order valence-electron chi connectivity index (χ4n) is 2.24. The number of benzene rings is 1. The molecule has 0 aliphatic heterocycles. The second kappa shape index (κ2) is 7.86. The van der Waals surface area contributed by atoms with Crippen LogP contribution in [0, 0.1) is 11.2 Å². The fourth-order valence-corrected chi connectivity index (χ4v) is 3.59. The third-order valence-electron chi connectivity index (χ3n) is 4.02. The van der Waals surface area contributed by atoms with Crippen LogP contribution in [0.4, 0.5) is 17.6 Å². The molecule has 12 heteroatoms. The molecule has 0 radical (unpaired) electrons. The minimum Gasteiger partial charge on any atom is -0.481 e. The maximum atomic E-state index is 14.4. The zero-order valence-corrected chi connectivity index (χ0v) is 16.9. The predicted molar refractivity (Wildman–Crippen MR) is 99.4 cm³/mol. The molecule has 1 aromatic carbocycles. The van der Waals surface area contributed by atoms with Gasteiger partial charge in [-0.25, -0.2) is 13.8 Å². The Kier molecular flexibility index (Phi) is 6.24. The third kappa shape index (κ3) is 4.67. The average molecular weight is 455 g/mol. The number of carbonyl (C=O) groups is 1. The van der Waals surface area contributed by atoms with Crippen molar-refractivity contribution < 1.29 is 27.5 Å². The van der Waals surface area contributed by atoms with Crippen LogP contribution in [0.2, 0.25) is 5.02 Å². The molecule has 0 unspecified atom stereocenters. The third-order valence-corrected chi connectivity index (χ3v) is 5.96. The lowest BCUT2D eigenvalue weighted by molar-refractivity contribution is -0.145. The topological polar surface area (TPSA) is 81.3 Å². The SMILES string of the molecule is Cn1c(C(F)(F)F)cc(=O)n(-c2cc(SCC(C)(C)C(=O)O)c(Cl)cc2F)c1=O. The molecule has 0 fully saturated rings. The maximum absolute atomic E-state index is 14.4. The molecule has 0 aliphatic rings. The standard InChI is InChI=1S/C17H15ClF4N2O4S/c1-16(2,14(26)27)7-29-11-5-10(9(19)4-8(11)18)24-13(25)6-12(17(20,21)22)23(3)15(24)28/h4-6H,7H2,1-3H3,(H,26,27). The van der Waals surface area contributed by atoms with Crippen molar-refractivity contribution in [3.05, 3.63) is 55.6 Å². The van der Waals surface area contributed by atoms with E-state index in [-0.39, 0.29) is 30.9 Å². The number of rotatable bonds is 5. The van der Waals surface area contributed by atoms with Gasteiger partial charge in [0.1, 0.15) is 11.5 Å². The molecule has 0 bridgehead atoms. The summed E-state index contributed by atoms with van der Waals surface area (Å²) in [5.74, 6) is -2.17. The number of carboxylic acid groups (broad SMARTS) is 1. The van der Waals surface area contributed by atoms with Crippen LogP contribution in [0.5, 0.6) is 0 Å². The van der Waals surface area contributed by atoms with Crippen LogP contribution in [0.15, 0.2) is 32.7 Å². The summed E-state index contributed by atoms with van der Waals surface area (Å²) in [6.45, 7) is 2.91. The van der Waals surface area contributed by atoms with E-state index in [1.54, 1.807) is 0 Å². The van der Waals surface area contributed by atoms with Crippen molar-refractivity contribution in [1.82, 2.24) is 9.13 Å². The lowest BCUT2D eigenvalue weighted by Crippen LogP contribution is -2.41. The molecule has 1 N–H and O–H groups in total. The van der Waals surface area contributed by atoms with Gasteiger partial charge in [0.15, 0.2) is 0 Å². The van der Waals surface area contributed by atoms with Gasteiger partial charge in [-0.05, 0) is 26.0 Å². The summed E-state index contributed by atoms with van der Waals surface area (Å²) in [6, 6.07) is 2.02. The molecule has 2 aromatic rings. The average Bonchev–Trinajstić information content (AvgIpc) is 2.57. The molecule has 0 amide bonds. The van der Waals surface area contributed by atoms with Gasteiger partial charge < -0.3 is 5.11 Å². The number of aliphatic carboxylic acids is 1. The van der Waals surface area contributed by atoms with Crippen molar-refractivity contribution in [3.63, 3.8) is 0 Å². The van der Waals surface area contributed by atoms with Crippen molar-refractivity contribution in [1.29, 1.82) is 0 Å². The smallest absolute Gasteiger partial charge is 0.431 e. The number of halogens is 5. The summed E-state index contributed by atoms with van der Waals surface area (Å²) in [4.78, 5) is 35.9. The van der Waals surface area contributed by atoms with E-state index in [4.69, 9.17) is 11.6 Å².